The lowest BCUT2D eigenvalue weighted by molar-refractivity contribution is -0.167. The van der Waals surface area contributed by atoms with Crippen LogP contribution in [0.4, 0.5) is 18.9 Å². The van der Waals surface area contributed by atoms with Crippen molar-refractivity contribution in [1.82, 2.24) is 4.98 Å². The van der Waals surface area contributed by atoms with Crippen molar-refractivity contribution in [2.24, 2.45) is 0 Å². The van der Waals surface area contributed by atoms with Gasteiger partial charge in [0.1, 0.15) is 5.69 Å². The molecule has 25 heavy (non-hydrogen) atoms. The second-order valence-electron chi connectivity index (χ2n) is 5.21. The minimum Gasteiger partial charge on any atom is -0.350 e. The fraction of sp³-hybridized carbons (Fsp3) is 0.0588. The highest BCUT2D eigenvalue weighted by molar-refractivity contribution is 6.31. The van der Waals surface area contributed by atoms with Gasteiger partial charge in [-0.25, -0.2) is 0 Å². The van der Waals surface area contributed by atoms with E-state index in [1.807, 2.05) is 0 Å². The van der Waals surface area contributed by atoms with E-state index in [0.717, 1.165) is 0 Å². The number of H-pyrrole nitrogens is 1. The van der Waals surface area contributed by atoms with Crippen LogP contribution in [0, 0.1) is 0 Å². The number of halogens is 4. The number of carbonyl (C=O) groups is 2. The van der Waals surface area contributed by atoms with Crippen LogP contribution in [0.25, 0.3) is 10.9 Å². The lowest BCUT2D eigenvalue weighted by Gasteiger charge is -2.09. The van der Waals surface area contributed by atoms with Gasteiger partial charge in [0, 0.05) is 21.5 Å². The summed E-state index contributed by atoms with van der Waals surface area (Å²) in [5.41, 5.74) is 0.218. The van der Waals surface area contributed by atoms with E-state index in [0.29, 0.717) is 10.5 Å². The van der Waals surface area contributed by atoms with E-state index in [2.05, 4.69) is 4.98 Å². The Hall–Kier alpha value is -2.80. The predicted octanol–water partition coefficient (Wildman–Crippen LogP) is 4.55. The number of aromatic amines is 1. The number of fused-ring (bicyclic) bond motifs is 1. The van der Waals surface area contributed by atoms with Crippen molar-refractivity contribution >= 4 is 39.9 Å². The molecule has 0 aliphatic carbocycles. The molecule has 0 aliphatic rings. The molecule has 0 spiro atoms. The number of rotatable bonds is 3. The van der Waals surface area contributed by atoms with Gasteiger partial charge in [-0.1, -0.05) is 41.9 Å². The van der Waals surface area contributed by atoms with Crippen molar-refractivity contribution in [2.75, 3.05) is 5.32 Å². The van der Waals surface area contributed by atoms with Crippen molar-refractivity contribution in [3.8, 4) is 0 Å². The Labute approximate surface area is 144 Å². The van der Waals surface area contributed by atoms with Gasteiger partial charge in [-0.2, -0.15) is 13.2 Å². The Morgan fingerprint density at radius 3 is 2.36 bits per heavy atom. The zero-order valence-corrected chi connectivity index (χ0v) is 13.2. The van der Waals surface area contributed by atoms with Crippen molar-refractivity contribution in [3.05, 3.63) is 64.8 Å². The van der Waals surface area contributed by atoms with Gasteiger partial charge in [-0.15, -0.1) is 0 Å². The molecule has 0 atom stereocenters. The van der Waals surface area contributed by atoms with Gasteiger partial charge in [0.2, 0.25) is 5.78 Å². The quantitative estimate of drug-likeness (QED) is 0.668. The molecule has 0 radical (unpaired) electrons. The van der Waals surface area contributed by atoms with Crippen molar-refractivity contribution in [3.63, 3.8) is 0 Å². The number of carbonyl (C=O) groups excluding carboxylic acids is 2. The third kappa shape index (κ3) is 3.36. The number of ketones is 1. The number of anilines is 1. The maximum Gasteiger partial charge on any atom is 0.471 e. The molecule has 0 saturated heterocycles. The molecule has 2 N–H and O–H groups in total. The minimum atomic E-state index is -5.08. The predicted molar refractivity (Wildman–Crippen MR) is 87.9 cm³/mol. The number of hydrogen-bond acceptors (Lipinski definition) is 2. The summed E-state index contributed by atoms with van der Waals surface area (Å²) in [7, 11) is 0. The topological polar surface area (TPSA) is 62.0 Å². The lowest BCUT2D eigenvalue weighted by Crippen LogP contribution is -2.30. The van der Waals surface area contributed by atoms with E-state index in [-0.39, 0.29) is 22.3 Å². The first-order chi connectivity index (χ1) is 11.8. The smallest absolute Gasteiger partial charge is 0.350 e. The molecule has 1 aromatic heterocycles. The van der Waals surface area contributed by atoms with E-state index in [9.17, 15) is 22.8 Å². The molecule has 3 aromatic rings. The van der Waals surface area contributed by atoms with Gasteiger partial charge < -0.3 is 10.3 Å². The normalized spacial score (nSPS) is 11.5. The molecule has 1 amide bonds. The summed E-state index contributed by atoms with van der Waals surface area (Å²) in [6, 6.07) is 12.4. The Bertz CT molecular complexity index is 965. The summed E-state index contributed by atoms with van der Waals surface area (Å²) in [5, 5.41) is 2.37. The van der Waals surface area contributed by atoms with Crippen LogP contribution in [0.5, 0.6) is 0 Å². The van der Waals surface area contributed by atoms with E-state index in [4.69, 9.17) is 11.6 Å². The van der Waals surface area contributed by atoms with E-state index < -0.39 is 17.9 Å². The van der Waals surface area contributed by atoms with E-state index in [1.54, 1.807) is 23.5 Å². The minimum absolute atomic E-state index is 0.152. The molecule has 0 bridgehead atoms. The molecule has 0 saturated carbocycles. The Morgan fingerprint density at radius 2 is 1.72 bits per heavy atom. The first-order valence-electron chi connectivity index (χ1n) is 7.06. The van der Waals surface area contributed by atoms with Crippen LogP contribution < -0.4 is 5.32 Å². The molecule has 4 nitrogen and oxygen atoms in total. The number of aromatic nitrogens is 1. The first-order valence-corrected chi connectivity index (χ1v) is 7.44. The Kier molecular flexibility index (Phi) is 4.26. The molecule has 0 aliphatic heterocycles. The summed E-state index contributed by atoms with van der Waals surface area (Å²) in [6.07, 6.45) is -5.08. The molecular formula is C17H10ClF3N2O2. The molecule has 0 fully saturated rings. The van der Waals surface area contributed by atoms with Gasteiger partial charge in [0.15, 0.2) is 0 Å². The van der Waals surface area contributed by atoms with Gasteiger partial charge >= 0.3 is 12.1 Å². The van der Waals surface area contributed by atoms with Crippen LogP contribution in [0.1, 0.15) is 16.1 Å². The van der Waals surface area contributed by atoms with Crippen LogP contribution in [0.2, 0.25) is 5.02 Å². The monoisotopic (exact) mass is 366 g/mol. The average Bonchev–Trinajstić information content (AvgIpc) is 2.91. The van der Waals surface area contributed by atoms with Crippen molar-refractivity contribution in [2.45, 2.75) is 6.18 Å². The number of alkyl halides is 3. The molecular weight excluding hydrogens is 357 g/mol. The van der Waals surface area contributed by atoms with E-state index in [1.165, 1.54) is 30.3 Å². The van der Waals surface area contributed by atoms with Gasteiger partial charge in [0.05, 0.1) is 5.69 Å². The van der Waals surface area contributed by atoms with Crippen molar-refractivity contribution in [1.29, 1.82) is 0 Å². The second-order valence-corrected chi connectivity index (χ2v) is 5.65. The summed E-state index contributed by atoms with van der Waals surface area (Å²) in [4.78, 5) is 26.8. The third-order valence-electron chi connectivity index (χ3n) is 3.52. The lowest BCUT2D eigenvalue weighted by atomic mass is 10.1. The molecule has 0 unspecified atom stereocenters. The number of amides is 1. The summed E-state index contributed by atoms with van der Waals surface area (Å²) in [6.45, 7) is 0. The Balaban J connectivity index is 2.15. The molecule has 128 valence electrons. The first kappa shape index (κ1) is 17.0. The largest absolute Gasteiger partial charge is 0.471 e. The highest BCUT2D eigenvalue weighted by atomic mass is 35.5. The Morgan fingerprint density at radius 1 is 1.04 bits per heavy atom. The average molecular weight is 367 g/mol. The summed E-state index contributed by atoms with van der Waals surface area (Å²) < 4.78 is 37.9. The van der Waals surface area contributed by atoms with Gasteiger partial charge in [0.25, 0.3) is 0 Å². The fourth-order valence-electron chi connectivity index (χ4n) is 2.39. The highest BCUT2D eigenvalue weighted by Gasteiger charge is 2.39. The molecule has 8 heteroatoms. The fourth-order valence-corrected chi connectivity index (χ4v) is 2.56. The third-order valence-corrected chi connectivity index (χ3v) is 3.75. The number of nitrogens with one attached hydrogen (secondary N) is 2. The number of hydrogen-bond donors (Lipinski definition) is 2. The molecule has 3 rings (SSSR count). The van der Waals surface area contributed by atoms with Crippen LogP contribution in [-0.4, -0.2) is 22.9 Å². The van der Waals surface area contributed by atoms with E-state index >= 15 is 0 Å². The molecule has 2 aromatic carbocycles. The highest BCUT2D eigenvalue weighted by Crippen LogP contribution is 2.32. The van der Waals surface area contributed by atoms with Crippen LogP contribution in [-0.2, 0) is 4.79 Å². The second kappa shape index (κ2) is 6.25. The maximum absolute atomic E-state index is 12.7. The molecule has 1 heterocycles. The zero-order chi connectivity index (χ0) is 18.2. The van der Waals surface area contributed by atoms with Crippen LogP contribution >= 0.6 is 11.6 Å². The SMILES string of the molecule is O=C(c1ccccc1)c1[nH]c2cc(Cl)ccc2c1NC(=O)C(F)(F)F. The van der Waals surface area contributed by atoms with Crippen LogP contribution in [0.3, 0.4) is 0 Å². The standard InChI is InChI=1S/C17H10ClF3N2O2/c18-10-6-7-11-12(8-10)22-14(13(11)23-16(25)17(19,20)21)15(24)9-4-2-1-3-5-9/h1-8,22H,(H,23,25). The summed E-state index contributed by atoms with van der Waals surface area (Å²) in [5.74, 6) is -2.71. The number of benzene rings is 2. The maximum atomic E-state index is 12.7. The van der Waals surface area contributed by atoms with Gasteiger partial charge in [-0.05, 0) is 18.2 Å². The van der Waals surface area contributed by atoms with Crippen molar-refractivity contribution < 1.29 is 22.8 Å². The van der Waals surface area contributed by atoms with Gasteiger partial charge in [-0.3, -0.25) is 9.59 Å². The zero-order valence-electron chi connectivity index (χ0n) is 12.4. The summed E-state index contributed by atoms with van der Waals surface area (Å²) >= 11 is 5.88. The van der Waals surface area contributed by atoms with Crippen LogP contribution in [0.15, 0.2) is 48.5 Å².